The van der Waals surface area contributed by atoms with Gasteiger partial charge in [-0.05, 0) is 34.1 Å². The van der Waals surface area contributed by atoms with Crippen molar-refractivity contribution in [1.29, 1.82) is 0 Å². The average Bonchev–Trinajstić information content (AvgIpc) is 2.49. The highest BCUT2D eigenvalue weighted by atomic mass is 79.9. The van der Waals surface area contributed by atoms with Crippen molar-refractivity contribution in [3.8, 4) is 0 Å². The minimum atomic E-state index is -0.539. The van der Waals surface area contributed by atoms with E-state index in [1.54, 1.807) is 30.3 Å². The molecule has 1 atom stereocenters. The van der Waals surface area contributed by atoms with Crippen LogP contribution in [0.4, 0.5) is 8.78 Å². The molecule has 0 aliphatic carbocycles. The Bertz CT molecular complexity index is 642. The topological polar surface area (TPSA) is 38.0 Å². The highest BCUT2D eigenvalue weighted by Crippen LogP contribution is 2.33. The van der Waals surface area contributed by atoms with Crippen molar-refractivity contribution < 1.29 is 8.78 Å². The molecule has 0 heterocycles. The van der Waals surface area contributed by atoms with Crippen LogP contribution in [-0.4, -0.2) is 5.75 Å². The predicted molar refractivity (Wildman–Crippen MR) is 86.3 cm³/mol. The summed E-state index contributed by atoms with van der Waals surface area (Å²) in [5, 5.41) is 0.00337. The summed E-state index contributed by atoms with van der Waals surface area (Å²) in [5.74, 6) is 5.00. The van der Waals surface area contributed by atoms with Crippen molar-refractivity contribution in [1.82, 2.24) is 5.43 Å². The number of hydrogen-bond donors (Lipinski definition) is 2. The number of thioether (sulfide) groups is 1. The maximum Gasteiger partial charge on any atom is 0.147 e. The number of nitrogens with one attached hydrogen (secondary N) is 1. The molecule has 21 heavy (non-hydrogen) atoms. The lowest BCUT2D eigenvalue weighted by Crippen LogP contribution is -2.30. The molecule has 2 rings (SSSR count). The molecule has 0 fully saturated rings. The zero-order valence-electron chi connectivity index (χ0n) is 10.7. The molecule has 0 saturated heterocycles. The number of halogens is 4. The van der Waals surface area contributed by atoms with Crippen LogP contribution in [-0.2, 0) is 0 Å². The lowest BCUT2D eigenvalue weighted by Gasteiger charge is -2.17. The van der Waals surface area contributed by atoms with Crippen LogP contribution in [0.3, 0.4) is 0 Å². The molecule has 2 aromatic rings. The summed E-state index contributed by atoms with van der Waals surface area (Å²) in [4.78, 5) is 0.487. The largest absolute Gasteiger partial charge is 0.271 e. The van der Waals surface area contributed by atoms with Crippen LogP contribution in [0.5, 0.6) is 0 Å². The predicted octanol–water partition coefficient (Wildman–Crippen LogP) is 4.68. The van der Waals surface area contributed by atoms with Gasteiger partial charge in [-0.2, -0.15) is 0 Å². The fourth-order valence-electron chi connectivity index (χ4n) is 1.77. The molecule has 0 amide bonds. The van der Waals surface area contributed by atoms with Crippen molar-refractivity contribution in [2.45, 2.75) is 10.9 Å². The summed E-state index contributed by atoms with van der Waals surface area (Å²) in [7, 11) is 0. The van der Waals surface area contributed by atoms with Crippen molar-refractivity contribution >= 4 is 39.3 Å². The maximum atomic E-state index is 14.2. The molecule has 0 aliphatic rings. The van der Waals surface area contributed by atoms with E-state index in [0.717, 1.165) is 0 Å². The molecule has 1 unspecified atom stereocenters. The lowest BCUT2D eigenvalue weighted by atomic mass is 10.1. The zero-order valence-corrected chi connectivity index (χ0v) is 13.9. The highest BCUT2D eigenvalue weighted by molar-refractivity contribution is 9.10. The van der Waals surface area contributed by atoms with E-state index in [2.05, 4.69) is 21.4 Å². The van der Waals surface area contributed by atoms with Crippen molar-refractivity contribution in [2.24, 2.45) is 5.84 Å². The maximum absolute atomic E-state index is 14.2. The molecule has 0 aliphatic heterocycles. The van der Waals surface area contributed by atoms with E-state index >= 15 is 0 Å². The molecule has 2 aromatic carbocycles. The van der Waals surface area contributed by atoms with Gasteiger partial charge >= 0.3 is 0 Å². The summed E-state index contributed by atoms with van der Waals surface area (Å²) in [5.41, 5.74) is 2.88. The Morgan fingerprint density at radius 3 is 2.62 bits per heavy atom. The first-order valence-corrected chi connectivity index (χ1v) is 8.17. The van der Waals surface area contributed by atoms with Crippen LogP contribution in [0, 0.1) is 11.6 Å². The first kappa shape index (κ1) is 16.7. The standard InChI is InChI=1S/C14H12BrClF2N2S/c15-9-6-5-8(14(18)13(9)16)11(20-19)7-21-12-4-2-1-3-10(12)17/h1-6,11,20H,7,19H2. The van der Waals surface area contributed by atoms with Gasteiger partial charge in [0.15, 0.2) is 0 Å². The van der Waals surface area contributed by atoms with Crippen LogP contribution >= 0.6 is 39.3 Å². The first-order chi connectivity index (χ1) is 10.0. The van der Waals surface area contributed by atoms with E-state index in [4.69, 9.17) is 17.4 Å². The summed E-state index contributed by atoms with van der Waals surface area (Å²) < 4.78 is 28.2. The summed E-state index contributed by atoms with van der Waals surface area (Å²) in [6.07, 6.45) is 0. The number of rotatable bonds is 5. The van der Waals surface area contributed by atoms with Gasteiger partial charge < -0.3 is 0 Å². The molecular formula is C14H12BrClF2N2S. The molecule has 2 nitrogen and oxygen atoms in total. The smallest absolute Gasteiger partial charge is 0.147 e. The first-order valence-electron chi connectivity index (χ1n) is 6.01. The molecule has 0 aromatic heterocycles. The van der Waals surface area contributed by atoms with E-state index in [1.165, 1.54) is 17.8 Å². The molecule has 7 heteroatoms. The number of hydrazine groups is 1. The average molecular weight is 394 g/mol. The number of hydrogen-bond acceptors (Lipinski definition) is 3. The van der Waals surface area contributed by atoms with Crippen molar-refractivity contribution in [3.63, 3.8) is 0 Å². The molecule has 112 valence electrons. The molecule has 0 saturated carbocycles. The van der Waals surface area contributed by atoms with E-state index in [1.807, 2.05) is 0 Å². The summed E-state index contributed by atoms with van der Waals surface area (Å²) in [6.45, 7) is 0. The van der Waals surface area contributed by atoms with Gasteiger partial charge in [0.1, 0.15) is 11.6 Å². The van der Waals surface area contributed by atoms with Crippen molar-refractivity contribution in [3.05, 3.63) is 63.1 Å². The summed E-state index contributed by atoms with van der Waals surface area (Å²) in [6, 6.07) is 9.17. The Balaban J connectivity index is 2.18. The SMILES string of the molecule is NNC(CSc1ccccc1F)c1ccc(Br)c(Cl)c1F. The van der Waals surface area contributed by atoms with Gasteiger partial charge in [0.25, 0.3) is 0 Å². The van der Waals surface area contributed by atoms with Crippen LogP contribution in [0.1, 0.15) is 11.6 Å². The Labute approximate surface area is 139 Å². The van der Waals surface area contributed by atoms with Gasteiger partial charge in [-0.3, -0.25) is 11.3 Å². The molecule has 3 N–H and O–H groups in total. The molecule has 0 spiro atoms. The second kappa shape index (κ2) is 7.56. The van der Waals surface area contributed by atoms with Gasteiger partial charge in [0.05, 0.1) is 11.1 Å². The minimum absolute atomic E-state index is 0.00337. The number of benzene rings is 2. The Morgan fingerprint density at radius 2 is 1.95 bits per heavy atom. The van der Waals surface area contributed by atoms with Crippen LogP contribution in [0.2, 0.25) is 5.02 Å². The second-order valence-electron chi connectivity index (χ2n) is 4.23. The van der Waals surface area contributed by atoms with Crippen LogP contribution in [0.25, 0.3) is 0 Å². The molecular weight excluding hydrogens is 382 g/mol. The van der Waals surface area contributed by atoms with Gasteiger partial charge in [-0.1, -0.05) is 29.8 Å². The third-order valence-electron chi connectivity index (χ3n) is 2.88. The number of nitrogens with two attached hydrogens (primary N) is 1. The third kappa shape index (κ3) is 3.96. The monoisotopic (exact) mass is 392 g/mol. The van der Waals surface area contributed by atoms with Gasteiger partial charge in [0, 0.05) is 20.7 Å². The van der Waals surface area contributed by atoms with E-state index in [9.17, 15) is 8.78 Å². The summed E-state index contributed by atoms with van der Waals surface area (Å²) >= 11 is 10.3. The van der Waals surface area contributed by atoms with Crippen molar-refractivity contribution in [2.75, 3.05) is 5.75 Å². The van der Waals surface area contributed by atoms with Gasteiger partial charge in [-0.25, -0.2) is 8.78 Å². The quantitative estimate of drug-likeness (QED) is 0.335. The minimum Gasteiger partial charge on any atom is -0.271 e. The van der Waals surface area contributed by atoms with Gasteiger partial charge in [-0.15, -0.1) is 11.8 Å². The second-order valence-corrected chi connectivity index (χ2v) is 6.52. The fraction of sp³-hybridized carbons (Fsp3) is 0.143. The zero-order chi connectivity index (χ0) is 15.4. The van der Waals surface area contributed by atoms with Gasteiger partial charge in [0.2, 0.25) is 0 Å². The Hall–Kier alpha value is -0.660. The van der Waals surface area contributed by atoms with Crippen LogP contribution in [0.15, 0.2) is 45.8 Å². The molecule has 0 bridgehead atoms. The molecule has 0 radical (unpaired) electrons. The fourth-order valence-corrected chi connectivity index (χ4v) is 3.25. The highest BCUT2D eigenvalue weighted by Gasteiger charge is 2.19. The van der Waals surface area contributed by atoms with E-state index in [0.29, 0.717) is 20.7 Å². The van der Waals surface area contributed by atoms with E-state index < -0.39 is 11.9 Å². The third-order valence-corrected chi connectivity index (χ3v) is 5.28. The van der Waals surface area contributed by atoms with Crippen LogP contribution < -0.4 is 11.3 Å². The normalized spacial score (nSPS) is 12.4. The Kier molecular flexibility index (Phi) is 6.01. The lowest BCUT2D eigenvalue weighted by molar-refractivity contribution is 0.546. The van der Waals surface area contributed by atoms with E-state index in [-0.39, 0.29) is 10.8 Å². The Morgan fingerprint density at radius 1 is 1.24 bits per heavy atom.